The molecule has 0 atom stereocenters. The summed E-state index contributed by atoms with van der Waals surface area (Å²) in [6.45, 7) is 0. The monoisotopic (exact) mass is 548 g/mol. The highest BCUT2D eigenvalue weighted by Crippen LogP contribution is 2.39. The van der Waals surface area contributed by atoms with Gasteiger partial charge in [0.15, 0.2) is 0 Å². The Morgan fingerprint density at radius 3 is 1.91 bits per heavy atom. The summed E-state index contributed by atoms with van der Waals surface area (Å²) in [6, 6.07) is 43.5. The SMILES string of the molecule is N#Cc1ccc(-c2cc(-c3ccc(C#N)cc3)c3nc4c5ccc(-c6ccccc6)c6cccc(c(=O)n4c3c2)c65)cc1. The van der Waals surface area contributed by atoms with Gasteiger partial charge in [0.25, 0.3) is 5.56 Å². The molecule has 8 rings (SSSR count). The maximum atomic E-state index is 14.3. The molecule has 5 nitrogen and oxygen atoms in total. The summed E-state index contributed by atoms with van der Waals surface area (Å²) >= 11 is 0. The van der Waals surface area contributed by atoms with Crippen molar-refractivity contribution in [3.8, 4) is 45.5 Å². The molecule has 198 valence electrons. The van der Waals surface area contributed by atoms with Crippen LogP contribution in [0.4, 0.5) is 0 Å². The number of nitrogens with zero attached hydrogens (tertiary/aromatic N) is 4. The van der Waals surface area contributed by atoms with Crippen molar-refractivity contribution in [1.82, 2.24) is 9.38 Å². The second-order valence-corrected chi connectivity index (χ2v) is 10.6. The topological polar surface area (TPSA) is 81.9 Å². The molecule has 0 aliphatic heterocycles. The first-order valence-electron chi connectivity index (χ1n) is 13.9. The maximum absolute atomic E-state index is 14.3. The Labute approximate surface area is 246 Å². The lowest BCUT2D eigenvalue weighted by Gasteiger charge is -2.12. The molecule has 0 N–H and O–H groups in total. The lowest BCUT2D eigenvalue weighted by atomic mass is 9.94. The van der Waals surface area contributed by atoms with Gasteiger partial charge in [0.05, 0.1) is 34.3 Å². The summed E-state index contributed by atoms with van der Waals surface area (Å²) in [5.74, 6) is 0. The van der Waals surface area contributed by atoms with E-state index in [9.17, 15) is 15.3 Å². The lowest BCUT2D eigenvalue weighted by molar-refractivity contribution is 1.19. The van der Waals surface area contributed by atoms with Gasteiger partial charge in [0.1, 0.15) is 5.65 Å². The summed E-state index contributed by atoms with van der Waals surface area (Å²) in [6.07, 6.45) is 0. The van der Waals surface area contributed by atoms with E-state index in [1.165, 1.54) is 0 Å². The molecule has 0 saturated heterocycles. The molecular weight excluding hydrogens is 528 g/mol. The first-order valence-corrected chi connectivity index (χ1v) is 13.9. The zero-order valence-electron chi connectivity index (χ0n) is 22.7. The number of benzene rings is 6. The number of imidazole rings is 1. The Hall–Kier alpha value is -6.30. The molecule has 0 bridgehead atoms. The number of rotatable bonds is 3. The van der Waals surface area contributed by atoms with Gasteiger partial charge in [-0.2, -0.15) is 10.5 Å². The lowest BCUT2D eigenvalue weighted by Crippen LogP contribution is -2.13. The Kier molecular flexibility index (Phi) is 5.34. The fourth-order valence-corrected chi connectivity index (χ4v) is 6.17. The van der Waals surface area contributed by atoms with Crippen molar-refractivity contribution < 1.29 is 0 Å². The van der Waals surface area contributed by atoms with Crippen LogP contribution in [0.25, 0.3) is 71.6 Å². The van der Waals surface area contributed by atoms with E-state index in [1.807, 2.05) is 60.7 Å². The Morgan fingerprint density at radius 2 is 1.21 bits per heavy atom. The van der Waals surface area contributed by atoms with Gasteiger partial charge in [-0.15, -0.1) is 0 Å². The minimum atomic E-state index is -0.122. The van der Waals surface area contributed by atoms with Gasteiger partial charge >= 0.3 is 0 Å². The van der Waals surface area contributed by atoms with E-state index in [2.05, 4.69) is 48.5 Å². The normalized spacial score (nSPS) is 11.3. The third-order valence-electron chi connectivity index (χ3n) is 8.23. The molecular formula is C38H20N4O. The van der Waals surface area contributed by atoms with E-state index in [4.69, 9.17) is 4.98 Å². The molecule has 0 radical (unpaired) electrons. The summed E-state index contributed by atoms with van der Waals surface area (Å²) in [5, 5.41) is 22.2. The smallest absolute Gasteiger partial charge is 0.264 e. The zero-order valence-corrected chi connectivity index (χ0v) is 22.7. The second kappa shape index (κ2) is 9.38. The molecule has 6 aromatic carbocycles. The van der Waals surface area contributed by atoms with E-state index in [-0.39, 0.29) is 5.56 Å². The van der Waals surface area contributed by atoms with Gasteiger partial charge in [-0.1, -0.05) is 72.8 Å². The van der Waals surface area contributed by atoms with E-state index < -0.39 is 0 Å². The minimum absolute atomic E-state index is 0.122. The van der Waals surface area contributed by atoms with Crippen molar-refractivity contribution in [2.75, 3.05) is 0 Å². The van der Waals surface area contributed by atoms with Crippen LogP contribution in [0.2, 0.25) is 0 Å². The second-order valence-electron chi connectivity index (χ2n) is 10.6. The molecule has 5 heteroatoms. The number of aromatic nitrogens is 2. The largest absolute Gasteiger partial charge is 0.268 e. The molecule has 0 fully saturated rings. The quantitative estimate of drug-likeness (QED) is 0.222. The van der Waals surface area contributed by atoms with Crippen LogP contribution in [0, 0.1) is 22.7 Å². The van der Waals surface area contributed by atoms with Gasteiger partial charge in [-0.3, -0.25) is 9.20 Å². The van der Waals surface area contributed by atoms with Crippen molar-refractivity contribution >= 4 is 38.2 Å². The standard InChI is InChI=1S/C38H20N4O/c39-21-23-9-13-25(14-10-23)28-19-33(27-15-11-24(22-40)12-16-27)36-34(20-28)42-37(41-36)31-18-17-29(26-5-2-1-3-6-26)30-7-4-8-32(35(30)31)38(42)43/h1-20H. The minimum Gasteiger partial charge on any atom is -0.268 e. The van der Waals surface area contributed by atoms with Gasteiger partial charge < -0.3 is 0 Å². The van der Waals surface area contributed by atoms with Crippen LogP contribution in [-0.2, 0) is 0 Å². The van der Waals surface area contributed by atoms with Crippen LogP contribution in [0.1, 0.15) is 11.1 Å². The fraction of sp³-hybridized carbons (Fsp3) is 0. The van der Waals surface area contributed by atoms with E-state index in [1.54, 1.807) is 28.7 Å². The van der Waals surface area contributed by atoms with E-state index in [0.717, 1.165) is 49.5 Å². The van der Waals surface area contributed by atoms with Gasteiger partial charge in [0, 0.05) is 21.7 Å². The average Bonchev–Trinajstić information content (AvgIpc) is 3.47. The number of hydrogen-bond donors (Lipinski definition) is 0. The van der Waals surface area contributed by atoms with Crippen molar-refractivity contribution in [2.45, 2.75) is 0 Å². The number of fused-ring (bicyclic) bond motifs is 4. The first-order chi connectivity index (χ1) is 21.1. The van der Waals surface area contributed by atoms with Crippen LogP contribution in [-0.4, -0.2) is 9.38 Å². The maximum Gasteiger partial charge on any atom is 0.264 e. The Balaban J connectivity index is 1.50. The summed E-state index contributed by atoms with van der Waals surface area (Å²) in [4.78, 5) is 19.5. The predicted molar refractivity (Wildman–Crippen MR) is 171 cm³/mol. The molecule has 2 aromatic heterocycles. The average molecular weight is 549 g/mol. The molecule has 0 aliphatic carbocycles. The van der Waals surface area contributed by atoms with Crippen LogP contribution in [0.3, 0.4) is 0 Å². The highest BCUT2D eigenvalue weighted by Gasteiger charge is 2.21. The molecule has 0 amide bonds. The van der Waals surface area contributed by atoms with Crippen LogP contribution >= 0.6 is 0 Å². The highest BCUT2D eigenvalue weighted by molar-refractivity contribution is 6.19. The molecule has 0 saturated carbocycles. The molecule has 8 aromatic rings. The van der Waals surface area contributed by atoms with Crippen LogP contribution in [0.15, 0.2) is 126 Å². The molecule has 0 spiro atoms. The number of pyridine rings is 1. The number of hydrogen-bond acceptors (Lipinski definition) is 4. The first kappa shape index (κ1) is 24.5. The third kappa shape index (κ3) is 3.70. The Bertz CT molecular complexity index is 2520. The number of nitriles is 2. The molecule has 2 heterocycles. The van der Waals surface area contributed by atoms with E-state index >= 15 is 0 Å². The van der Waals surface area contributed by atoms with Gasteiger partial charge in [-0.05, 0) is 81.7 Å². The molecule has 0 aliphatic rings. The van der Waals surface area contributed by atoms with Gasteiger partial charge in [-0.25, -0.2) is 4.98 Å². The highest BCUT2D eigenvalue weighted by atomic mass is 16.1. The fourth-order valence-electron chi connectivity index (χ4n) is 6.17. The summed E-state index contributed by atoms with van der Waals surface area (Å²) in [7, 11) is 0. The van der Waals surface area contributed by atoms with Crippen molar-refractivity contribution in [2.24, 2.45) is 0 Å². The van der Waals surface area contributed by atoms with Crippen molar-refractivity contribution in [3.05, 3.63) is 143 Å². The molecule has 43 heavy (non-hydrogen) atoms. The van der Waals surface area contributed by atoms with E-state index in [0.29, 0.717) is 33.2 Å². The predicted octanol–water partition coefficient (Wildman–Crippen LogP) is 8.34. The van der Waals surface area contributed by atoms with Crippen molar-refractivity contribution in [3.63, 3.8) is 0 Å². The summed E-state index contributed by atoms with van der Waals surface area (Å²) in [5.41, 5.74) is 8.77. The zero-order chi connectivity index (χ0) is 29.1. The summed E-state index contributed by atoms with van der Waals surface area (Å²) < 4.78 is 1.73. The van der Waals surface area contributed by atoms with Gasteiger partial charge in [0.2, 0.25) is 0 Å². The molecule has 0 unspecified atom stereocenters. The van der Waals surface area contributed by atoms with Crippen molar-refractivity contribution in [1.29, 1.82) is 10.5 Å². The van der Waals surface area contributed by atoms with Crippen LogP contribution in [0.5, 0.6) is 0 Å². The Morgan fingerprint density at radius 1 is 0.558 bits per heavy atom. The van der Waals surface area contributed by atoms with Crippen LogP contribution < -0.4 is 5.56 Å². The third-order valence-corrected chi connectivity index (χ3v) is 8.23.